The Balaban J connectivity index is 1.87. The van der Waals surface area contributed by atoms with Gasteiger partial charge in [-0.1, -0.05) is 0 Å². The highest BCUT2D eigenvalue weighted by Gasteiger charge is 2.33. The van der Waals surface area contributed by atoms with Crippen LogP contribution in [0.5, 0.6) is 11.5 Å². The first-order valence-electron chi connectivity index (χ1n) is 7.90. The van der Waals surface area contributed by atoms with Crippen LogP contribution < -0.4 is 9.47 Å². The minimum absolute atomic E-state index is 0.0950. The molecule has 0 atom stereocenters. The van der Waals surface area contributed by atoms with E-state index in [2.05, 4.69) is 0 Å². The van der Waals surface area contributed by atoms with E-state index >= 15 is 0 Å². The molecule has 1 amide bonds. The van der Waals surface area contributed by atoms with Crippen LogP contribution in [0.1, 0.15) is 28.8 Å². The molecule has 0 aromatic heterocycles. The molecule has 0 heterocycles. The van der Waals surface area contributed by atoms with Crippen LogP contribution in [0.15, 0.2) is 42.5 Å². The molecule has 4 nitrogen and oxygen atoms in total. The number of nitrogens with zero attached hydrogens (tertiary/aromatic N) is 1. The van der Waals surface area contributed by atoms with Crippen molar-refractivity contribution < 1.29 is 18.7 Å². The summed E-state index contributed by atoms with van der Waals surface area (Å²) in [4.78, 5) is 14.7. The van der Waals surface area contributed by atoms with Crippen molar-refractivity contribution in [3.63, 3.8) is 0 Å². The minimum Gasteiger partial charge on any atom is -0.497 e. The zero-order valence-corrected chi connectivity index (χ0v) is 13.8. The summed E-state index contributed by atoms with van der Waals surface area (Å²) < 4.78 is 23.8. The molecule has 24 heavy (non-hydrogen) atoms. The molecule has 3 rings (SSSR count). The molecule has 2 aromatic rings. The monoisotopic (exact) mass is 329 g/mol. The van der Waals surface area contributed by atoms with Gasteiger partial charge >= 0.3 is 0 Å². The third kappa shape index (κ3) is 3.50. The number of carbonyl (C=O) groups is 1. The Bertz CT molecular complexity index is 726. The summed E-state index contributed by atoms with van der Waals surface area (Å²) in [5.74, 6) is 0.991. The molecule has 0 unspecified atom stereocenters. The lowest BCUT2D eigenvalue weighted by Crippen LogP contribution is -2.32. The first kappa shape index (κ1) is 16.3. The Labute approximate surface area is 140 Å². The Hall–Kier alpha value is -2.56. The summed E-state index contributed by atoms with van der Waals surface area (Å²) in [7, 11) is 3.21. The third-order valence-electron chi connectivity index (χ3n) is 4.17. The van der Waals surface area contributed by atoms with Crippen LogP contribution in [0.25, 0.3) is 0 Å². The predicted octanol–water partition coefficient (Wildman–Crippen LogP) is 3.65. The number of hydrogen-bond donors (Lipinski definition) is 0. The van der Waals surface area contributed by atoms with Crippen molar-refractivity contribution >= 4 is 5.91 Å². The molecule has 1 aliphatic rings. The molecule has 0 bridgehead atoms. The second kappa shape index (κ2) is 6.91. The Morgan fingerprint density at radius 3 is 2.42 bits per heavy atom. The molecule has 0 spiro atoms. The van der Waals surface area contributed by atoms with E-state index in [0.29, 0.717) is 17.9 Å². The van der Waals surface area contributed by atoms with Gasteiger partial charge in [0.25, 0.3) is 5.91 Å². The summed E-state index contributed by atoms with van der Waals surface area (Å²) in [6.45, 7) is 0.432. The van der Waals surface area contributed by atoms with Gasteiger partial charge < -0.3 is 14.4 Å². The summed E-state index contributed by atoms with van der Waals surface area (Å²) in [6, 6.07) is 11.4. The highest BCUT2D eigenvalue weighted by Crippen LogP contribution is 2.33. The molecule has 1 fully saturated rings. The van der Waals surface area contributed by atoms with Gasteiger partial charge in [0.1, 0.15) is 17.3 Å². The van der Waals surface area contributed by atoms with E-state index in [1.807, 2.05) is 23.1 Å². The van der Waals surface area contributed by atoms with Gasteiger partial charge in [0, 0.05) is 17.2 Å². The molecule has 0 radical (unpaired) electrons. The van der Waals surface area contributed by atoms with E-state index in [0.717, 1.165) is 24.2 Å². The Morgan fingerprint density at radius 2 is 1.83 bits per heavy atom. The third-order valence-corrected chi connectivity index (χ3v) is 4.17. The highest BCUT2D eigenvalue weighted by molar-refractivity contribution is 5.94. The quantitative estimate of drug-likeness (QED) is 0.812. The second-order valence-corrected chi connectivity index (χ2v) is 5.85. The average Bonchev–Trinajstić information content (AvgIpc) is 3.44. The van der Waals surface area contributed by atoms with E-state index in [4.69, 9.17) is 9.47 Å². The highest BCUT2D eigenvalue weighted by atomic mass is 19.1. The maximum atomic E-state index is 13.1. The SMILES string of the molecule is COc1ccc(OC)c(CN(C(=O)c2ccc(F)cc2)C2CC2)c1. The molecule has 0 N–H and O–H groups in total. The number of amides is 1. The van der Waals surface area contributed by atoms with Gasteiger partial charge in [-0.05, 0) is 55.3 Å². The second-order valence-electron chi connectivity index (χ2n) is 5.85. The zero-order chi connectivity index (χ0) is 17.1. The van der Waals surface area contributed by atoms with Crippen molar-refractivity contribution in [2.75, 3.05) is 14.2 Å². The van der Waals surface area contributed by atoms with Crippen LogP contribution >= 0.6 is 0 Å². The van der Waals surface area contributed by atoms with E-state index < -0.39 is 0 Å². The standard InChI is InChI=1S/C19H20FNO3/c1-23-17-9-10-18(24-2)14(11-17)12-21(16-7-8-16)19(22)13-3-5-15(20)6-4-13/h3-6,9-11,16H,7-8,12H2,1-2H3. The van der Waals surface area contributed by atoms with E-state index in [1.165, 1.54) is 24.3 Å². The molecular formula is C19H20FNO3. The first-order valence-corrected chi connectivity index (χ1v) is 7.90. The molecule has 1 saturated carbocycles. The molecule has 5 heteroatoms. The smallest absolute Gasteiger partial charge is 0.254 e. The van der Waals surface area contributed by atoms with E-state index in [9.17, 15) is 9.18 Å². The lowest BCUT2D eigenvalue weighted by Gasteiger charge is -2.24. The number of hydrogen-bond acceptors (Lipinski definition) is 3. The van der Waals surface area contributed by atoms with Crippen molar-refractivity contribution in [2.24, 2.45) is 0 Å². The summed E-state index contributed by atoms with van der Waals surface area (Å²) in [5.41, 5.74) is 1.38. The van der Waals surface area contributed by atoms with Crippen molar-refractivity contribution in [1.29, 1.82) is 0 Å². The number of halogens is 1. The van der Waals surface area contributed by atoms with Crippen LogP contribution in [-0.2, 0) is 6.54 Å². The molecule has 1 aliphatic carbocycles. The fraction of sp³-hybridized carbons (Fsp3) is 0.316. The van der Waals surface area contributed by atoms with Gasteiger partial charge in [-0.2, -0.15) is 0 Å². The van der Waals surface area contributed by atoms with E-state index in [1.54, 1.807) is 14.2 Å². The van der Waals surface area contributed by atoms with Crippen LogP contribution in [0.4, 0.5) is 4.39 Å². The van der Waals surface area contributed by atoms with Crippen molar-refractivity contribution in [3.05, 3.63) is 59.4 Å². The van der Waals surface area contributed by atoms with E-state index in [-0.39, 0.29) is 17.8 Å². The number of methoxy groups -OCH3 is 2. The topological polar surface area (TPSA) is 38.8 Å². The number of ether oxygens (including phenoxy) is 2. The minimum atomic E-state index is -0.348. The van der Waals surface area contributed by atoms with Gasteiger partial charge in [-0.3, -0.25) is 4.79 Å². The fourth-order valence-electron chi connectivity index (χ4n) is 2.70. The van der Waals surface area contributed by atoms with Gasteiger partial charge in [-0.25, -0.2) is 4.39 Å². The van der Waals surface area contributed by atoms with Crippen molar-refractivity contribution in [2.45, 2.75) is 25.4 Å². The van der Waals surface area contributed by atoms with Crippen LogP contribution in [0, 0.1) is 5.82 Å². The average molecular weight is 329 g/mol. The van der Waals surface area contributed by atoms with Crippen LogP contribution in [0.3, 0.4) is 0 Å². The molecule has 0 saturated heterocycles. The van der Waals surface area contributed by atoms with Gasteiger partial charge in [0.05, 0.1) is 20.8 Å². The lowest BCUT2D eigenvalue weighted by atomic mass is 10.1. The molecule has 126 valence electrons. The molecular weight excluding hydrogens is 309 g/mol. The Kier molecular flexibility index (Phi) is 4.69. The van der Waals surface area contributed by atoms with Crippen molar-refractivity contribution in [3.8, 4) is 11.5 Å². The summed E-state index contributed by atoms with van der Waals surface area (Å²) in [6.07, 6.45) is 1.97. The van der Waals surface area contributed by atoms with Crippen molar-refractivity contribution in [1.82, 2.24) is 4.90 Å². The normalized spacial score (nSPS) is 13.5. The van der Waals surface area contributed by atoms with Gasteiger partial charge in [-0.15, -0.1) is 0 Å². The predicted molar refractivity (Wildman–Crippen MR) is 88.8 cm³/mol. The van der Waals surface area contributed by atoms with Crippen LogP contribution in [0.2, 0.25) is 0 Å². The Morgan fingerprint density at radius 1 is 1.12 bits per heavy atom. The molecule has 2 aromatic carbocycles. The molecule has 0 aliphatic heterocycles. The fourth-order valence-corrected chi connectivity index (χ4v) is 2.70. The summed E-state index contributed by atoms with van der Waals surface area (Å²) in [5, 5.41) is 0. The maximum absolute atomic E-state index is 13.1. The largest absolute Gasteiger partial charge is 0.497 e. The lowest BCUT2D eigenvalue weighted by molar-refractivity contribution is 0.0728. The summed E-state index contributed by atoms with van der Waals surface area (Å²) >= 11 is 0. The zero-order valence-electron chi connectivity index (χ0n) is 13.8. The maximum Gasteiger partial charge on any atom is 0.254 e. The van der Waals surface area contributed by atoms with Gasteiger partial charge in [0.15, 0.2) is 0 Å². The van der Waals surface area contributed by atoms with Gasteiger partial charge in [0.2, 0.25) is 0 Å². The number of benzene rings is 2. The first-order chi connectivity index (χ1) is 11.6. The number of rotatable bonds is 6. The van der Waals surface area contributed by atoms with Crippen LogP contribution in [-0.4, -0.2) is 31.1 Å². The number of carbonyl (C=O) groups excluding carboxylic acids is 1.